The molecule has 3 N–H and O–H groups in total. The molecule has 37 heavy (non-hydrogen) atoms. The second kappa shape index (κ2) is 12.7. The van der Waals surface area contributed by atoms with Crippen LogP contribution in [0.4, 0.5) is 18.9 Å². The van der Waals surface area contributed by atoms with Crippen LogP contribution in [-0.2, 0) is 17.4 Å². The van der Waals surface area contributed by atoms with Gasteiger partial charge in [0.25, 0.3) is 0 Å². The maximum Gasteiger partial charge on any atom is 0.416 e. The minimum Gasteiger partial charge on any atom is -0.368 e. The highest BCUT2D eigenvalue weighted by Gasteiger charge is 2.33. The van der Waals surface area contributed by atoms with E-state index in [0.717, 1.165) is 17.3 Å². The Labute approximate surface area is 227 Å². The second-order valence-electron chi connectivity index (χ2n) is 10.0. The molecular formula is C27H35Cl2F3N4O. The van der Waals surface area contributed by atoms with E-state index >= 15 is 0 Å². The molecule has 0 aliphatic carbocycles. The van der Waals surface area contributed by atoms with Crippen molar-refractivity contribution in [2.75, 3.05) is 31.1 Å². The van der Waals surface area contributed by atoms with Crippen LogP contribution in [0.2, 0.25) is 10.0 Å². The lowest BCUT2D eigenvalue weighted by atomic mass is 9.93. The average Bonchev–Trinajstić information content (AvgIpc) is 2.81. The summed E-state index contributed by atoms with van der Waals surface area (Å²) in [7, 11) is 0. The van der Waals surface area contributed by atoms with Gasteiger partial charge in [0.1, 0.15) is 0 Å². The number of halogens is 5. The highest BCUT2D eigenvalue weighted by molar-refractivity contribution is 6.35. The van der Waals surface area contributed by atoms with Gasteiger partial charge in [-0.2, -0.15) is 13.2 Å². The molecule has 0 radical (unpaired) electrons. The molecule has 5 nitrogen and oxygen atoms in total. The largest absolute Gasteiger partial charge is 0.416 e. The molecule has 10 heteroatoms. The maximum atomic E-state index is 13.6. The number of benzene rings is 2. The number of amides is 1. The maximum absolute atomic E-state index is 13.6. The number of piperazine rings is 1. The standard InChI is InChI=1S/C27H35Cl2F3N4O/c1-17(2)14-24(34-18(3)33)22-15-20(27(30,31)32)6-8-25(22)35-10-12-36(13-11-35)26(37)9-5-19-4-7-21(28)16-23(19)29/h4,6-8,15-18,24,34H,5,9-14,33H2,1-3H3. The molecule has 2 aromatic carbocycles. The first kappa shape index (κ1) is 29.6. The molecule has 0 aromatic heterocycles. The molecule has 1 saturated heterocycles. The van der Waals surface area contributed by atoms with Crippen LogP contribution in [0.25, 0.3) is 0 Å². The van der Waals surface area contributed by atoms with Crippen molar-refractivity contribution in [3.05, 3.63) is 63.1 Å². The van der Waals surface area contributed by atoms with Gasteiger partial charge in [-0.05, 0) is 67.1 Å². The number of carbonyl (C=O) groups is 1. The molecule has 1 aliphatic heterocycles. The van der Waals surface area contributed by atoms with Crippen LogP contribution in [0.15, 0.2) is 36.4 Å². The van der Waals surface area contributed by atoms with Crippen LogP contribution in [0.5, 0.6) is 0 Å². The van der Waals surface area contributed by atoms with E-state index in [1.165, 1.54) is 6.07 Å². The van der Waals surface area contributed by atoms with Crippen LogP contribution in [-0.4, -0.2) is 43.2 Å². The number of anilines is 1. The van der Waals surface area contributed by atoms with Crippen molar-refractivity contribution in [3.63, 3.8) is 0 Å². The zero-order valence-electron chi connectivity index (χ0n) is 21.4. The normalized spacial score (nSPS) is 16.3. The summed E-state index contributed by atoms with van der Waals surface area (Å²) in [6.45, 7) is 7.88. The predicted octanol–water partition coefficient (Wildman–Crippen LogP) is 6.28. The van der Waals surface area contributed by atoms with Gasteiger partial charge in [-0.3, -0.25) is 10.1 Å². The predicted molar refractivity (Wildman–Crippen MR) is 144 cm³/mol. The van der Waals surface area contributed by atoms with Gasteiger partial charge in [0, 0.05) is 54.4 Å². The van der Waals surface area contributed by atoms with Crippen molar-refractivity contribution < 1.29 is 18.0 Å². The summed E-state index contributed by atoms with van der Waals surface area (Å²) < 4.78 is 40.8. The minimum absolute atomic E-state index is 0.0228. The zero-order valence-corrected chi connectivity index (χ0v) is 22.9. The number of alkyl halides is 3. The SMILES string of the molecule is CC(C)CC(NC(C)N)c1cc(C(F)(F)F)ccc1N1CCN(C(=O)CCc2ccc(Cl)cc2Cl)CC1. The number of nitrogens with zero attached hydrogens (tertiary/aromatic N) is 2. The Morgan fingerprint density at radius 2 is 1.73 bits per heavy atom. The van der Waals surface area contributed by atoms with Crippen molar-refractivity contribution in [2.45, 2.75) is 58.4 Å². The minimum atomic E-state index is -4.44. The van der Waals surface area contributed by atoms with Gasteiger partial charge >= 0.3 is 6.18 Å². The van der Waals surface area contributed by atoms with Gasteiger partial charge in [-0.25, -0.2) is 0 Å². The Hall–Kier alpha value is -2.00. The molecule has 0 saturated carbocycles. The first-order chi connectivity index (χ1) is 17.3. The molecule has 0 spiro atoms. The summed E-state index contributed by atoms with van der Waals surface area (Å²) in [5, 5.41) is 4.34. The highest BCUT2D eigenvalue weighted by atomic mass is 35.5. The quantitative estimate of drug-likeness (QED) is 0.356. The molecule has 1 fully saturated rings. The highest BCUT2D eigenvalue weighted by Crippen LogP contribution is 2.37. The zero-order chi connectivity index (χ0) is 27.3. The molecule has 0 bridgehead atoms. The Morgan fingerprint density at radius 3 is 2.30 bits per heavy atom. The van der Waals surface area contributed by atoms with E-state index in [-0.39, 0.29) is 24.0 Å². The topological polar surface area (TPSA) is 61.6 Å². The molecule has 204 valence electrons. The van der Waals surface area contributed by atoms with Gasteiger partial charge in [-0.1, -0.05) is 43.1 Å². The van der Waals surface area contributed by atoms with E-state index in [2.05, 4.69) is 10.2 Å². The van der Waals surface area contributed by atoms with E-state index in [1.807, 2.05) is 19.9 Å². The van der Waals surface area contributed by atoms with Crippen molar-refractivity contribution in [3.8, 4) is 0 Å². The number of nitrogens with two attached hydrogens (primary N) is 1. The fraction of sp³-hybridized carbons (Fsp3) is 0.519. The van der Waals surface area contributed by atoms with Crippen molar-refractivity contribution >= 4 is 34.8 Å². The molecule has 1 aliphatic rings. The van der Waals surface area contributed by atoms with Crippen LogP contribution in [0, 0.1) is 5.92 Å². The number of hydrogen-bond acceptors (Lipinski definition) is 4. The molecular weight excluding hydrogens is 524 g/mol. The number of carbonyl (C=O) groups excluding carboxylic acids is 1. The van der Waals surface area contributed by atoms with Gasteiger partial charge in [-0.15, -0.1) is 0 Å². The molecule has 2 unspecified atom stereocenters. The third-order valence-electron chi connectivity index (χ3n) is 6.50. The van der Waals surface area contributed by atoms with Crippen molar-refractivity contribution in [2.24, 2.45) is 11.7 Å². The lowest BCUT2D eigenvalue weighted by Gasteiger charge is -2.38. The van der Waals surface area contributed by atoms with E-state index in [4.69, 9.17) is 28.9 Å². The summed E-state index contributed by atoms with van der Waals surface area (Å²) in [5.74, 6) is 0.275. The summed E-state index contributed by atoms with van der Waals surface area (Å²) in [5.41, 5.74) is 7.50. The van der Waals surface area contributed by atoms with E-state index in [1.54, 1.807) is 30.0 Å². The summed E-state index contributed by atoms with van der Waals surface area (Å²) in [6.07, 6.45) is -3.35. The molecule has 1 amide bonds. The Morgan fingerprint density at radius 1 is 1.05 bits per heavy atom. The molecule has 1 heterocycles. The van der Waals surface area contributed by atoms with Crippen LogP contribution < -0.4 is 16.0 Å². The van der Waals surface area contributed by atoms with E-state index < -0.39 is 11.7 Å². The van der Waals surface area contributed by atoms with Crippen LogP contribution in [0.3, 0.4) is 0 Å². The van der Waals surface area contributed by atoms with E-state index in [0.29, 0.717) is 61.1 Å². The van der Waals surface area contributed by atoms with E-state index in [9.17, 15) is 18.0 Å². The summed E-state index contributed by atoms with van der Waals surface area (Å²) >= 11 is 12.2. The number of nitrogens with one attached hydrogen (secondary N) is 1. The van der Waals surface area contributed by atoms with Gasteiger partial charge in [0.05, 0.1) is 11.7 Å². The van der Waals surface area contributed by atoms with Gasteiger partial charge < -0.3 is 15.5 Å². The molecule has 2 aromatic rings. The fourth-order valence-electron chi connectivity index (χ4n) is 4.69. The van der Waals surface area contributed by atoms with Crippen LogP contribution in [0.1, 0.15) is 56.3 Å². The van der Waals surface area contributed by atoms with Gasteiger partial charge in [0.15, 0.2) is 0 Å². The third-order valence-corrected chi connectivity index (χ3v) is 7.08. The van der Waals surface area contributed by atoms with Crippen molar-refractivity contribution in [1.29, 1.82) is 0 Å². The fourth-order valence-corrected chi connectivity index (χ4v) is 5.20. The number of hydrogen-bond donors (Lipinski definition) is 2. The molecule has 3 rings (SSSR count). The number of aryl methyl sites for hydroxylation is 1. The molecule has 2 atom stereocenters. The van der Waals surface area contributed by atoms with Crippen LogP contribution >= 0.6 is 23.2 Å². The lowest BCUT2D eigenvalue weighted by molar-refractivity contribution is -0.137. The number of rotatable bonds is 9. The van der Waals surface area contributed by atoms with Gasteiger partial charge in [0.2, 0.25) is 5.91 Å². The Bertz CT molecular complexity index is 1060. The first-order valence-electron chi connectivity index (χ1n) is 12.5. The summed E-state index contributed by atoms with van der Waals surface area (Å²) in [6, 6.07) is 8.83. The average molecular weight is 560 g/mol. The third kappa shape index (κ3) is 8.24. The second-order valence-corrected chi connectivity index (χ2v) is 10.9. The Kier molecular flexibility index (Phi) is 10.1. The van der Waals surface area contributed by atoms with Crippen molar-refractivity contribution in [1.82, 2.24) is 10.2 Å². The first-order valence-corrected chi connectivity index (χ1v) is 13.3. The monoisotopic (exact) mass is 558 g/mol. The smallest absolute Gasteiger partial charge is 0.368 e. The Balaban J connectivity index is 1.74. The lowest BCUT2D eigenvalue weighted by Crippen LogP contribution is -2.49. The summed E-state index contributed by atoms with van der Waals surface area (Å²) in [4.78, 5) is 16.7.